The maximum atomic E-state index is 14.5. The number of benzene rings is 2. The lowest BCUT2D eigenvalue weighted by molar-refractivity contribution is 0.0498. The van der Waals surface area contributed by atoms with Crippen LogP contribution in [0.1, 0.15) is 31.9 Å². The molecule has 5 heteroatoms. The van der Waals surface area contributed by atoms with Gasteiger partial charge < -0.3 is 14.6 Å². The molecule has 0 radical (unpaired) electrons. The number of carbonyl (C=O) groups excluding carboxylic acids is 1. The van der Waals surface area contributed by atoms with Gasteiger partial charge in [0.05, 0.1) is 11.6 Å². The second-order valence-electron chi connectivity index (χ2n) is 8.54. The first-order valence-corrected chi connectivity index (χ1v) is 9.58. The van der Waals surface area contributed by atoms with Crippen LogP contribution in [0.4, 0.5) is 9.18 Å². The zero-order valence-corrected chi connectivity index (χ0v) is 16.7. The van der Waals surface area contributed by atoms with Crippen molar-refractivity contribution in [2.75, 3.05) is 0 Å². The van der Waals surface area contributed by atoms with Crippen LogP contribution in [0.3, 0.4) is 0 Å². The summed E-state index contributed by atoms with van der Waals surface area (Å²) >= 11 is 0. The molecule has 146 valence electrons. The molecule has 2 aromatic carbocycles. The molecule has 1 unspecified atom stereocenters. The number of nitrogens with zero attached hydrogens (tertiary/aromatic N) is 1. The molecule has 1 aromatic heterocycles. The van der Waals surface area contributed by atoms with E-state index in [-0.39, 0.29) is 11.9 Å². The van der Waals surface area contributed by atoms with E-state index in [9.17, 15) is 9.18 Å². The van der Waals surface area contributed by atoms with E-state index >= 15 is 0 Å². The molecule has 0 saturated heterocycles. The van der Waals surface area contributed by atoms with E-state index < -0.39 is 11.7 Å². The van der Waals surface area contributed by atoms with Gasteiger partial charge in [-0.3, -0.25) is 0 Å². The standard InChI is InChI=1S/C23H25FN2O2/c1-14-9-15-11-16(25-22(27)28-23(2,3)4)12-26-13-19(18(10-14)21(15)26)17-7-5-6-8-20(17)24/h5-10,13,16H,11-12H2,1-4H3,(H,25,27). The van der Waals surface area contributed by atoms with E-state index in [4.69, 9.17) is 4.74 Å². The molecule has 2 heterocycles. The Hall–Kier alpha value is -2.82. The van der Waals surface area contributed by atoms with Crippen molar-refractivity contribution in [3.8, 4) is 11.1 Å². The molecular weight excluding hydrogens is 355 g/mol. The molecule has 4 nitrogen and oxygen atoms in total. The molecule has 0 fully saturated rings. The average Bonchev–Trinajstić information content (AvgIpc) is 2.92. The lowest BCUT2D eigenvalue weighted by Crippen LogP contribution is -2.43. The number of halogens is 1. The molecular formula is C23H25FN2O2. The van der Waals surface area contributed by atoms with E-state index in [2.05, 4.69) is 22.0 Å². The minimum Gasteiger partial charge on any atom is -0.444 e. The number of rotatable bonds is 2. The number of alkyl carbamates (subject to hydrolysis) is 1. The summed E-state index contributed by atoms with van der Waals surface area (Å²) < 4.78 is 22.0. The number of amides is 1. The number of hydrogen-bond donors (Lipinski definition) is 1. The highest BCUT2D eigenvalue weighted by Gasteiger charge is 2.26. The van der Waals surface area contributed by atoms with Crippen molar-refractivity contribution >= 4 is 17.0 Å². The minimum atomic E-state index is -0.536. The van der Waals surface area contributed by atoms with Gasteiger partial charge in [0, 0.05) is 29.3 Å². The maximum absolute atomic E-state index is 14.5. The predicted octanol–water partition coefficient (Wildman–Crippen LogP) is 5.21. The third kappa shape index (κ3) is 3.49. The van der Waals surface area contributed by atoms with Gasteiger partial charge in [0.2, 0.25) is 0 Å². The van der Waals surface area contributed by atoms with Gasteiger partial charge in [0.15, 0.2) is 0 Å². The Morgan fingerprint density at radius 1 is 1.21 bits per heavy atom. The fourth-order valence-electron chi connectivity index (χ4n) is 4.02. The molecule has 0 aliphatic carbocycles. The van der Waals surface area contributed by atoms with Crippen LogP contribution in [0.25, 0.3) is 22.0 Å². The lowest BCUT2D eigenvalue weighted by atomic mass is 9.95. The van der Waals surface area contributed by atoms with Crippen LogP contribution in [0.5, 0.6) is 0 Å². The predicted molar refractivity (Wildman–Crippen MR) is 109 cm³/mol. The average molecular weight is 380 g/mol. The number of hydrogen-bond acceptors (Lipinski definition) is 2. The molecule has 1 N–H and O–H groups in total. The van der Waals surface area contributed by atoms with E-state index in [1.807, 2.05) is 46.0 Å². The van der Waals surface area contributed by atoms with Crippen molar-refractivity contribution in [1.82, 2.24) is 9.88 Å². The van der Waals surface area contributed by atoms with Crippen molar-refractivity contribution in [2.45, 2.75) is 52.3 Å². The number of aryl methyl sites for hydroxylation is 1. The Morgan fingerprint density at radius 3 is 2.68 bits per heavy atom. The highest BCUT2D eigenvalue weighted by Crippen LogP contribution is 2.37. The molecule has 1 atom stereocenters. The Bertz CT molecular complexity index is 1060. The van der Waals surface area contributed by atoms with Crippen molar-refractivity contribution in [2.24, 2.45) is 0 Å². The second kappa shape index (κ2) is 6.66. The number of aromatic nitrogens is 1. The van der Waals surface area contributed by atoms with Gasteiger partial charge in [-0.15, -0.1) is 0 Å². The highest BCUT2D eigenvalue weighted by molar-refractivity contribution is 5.98. The van der Waals surface area contributed by atoms with Gasteiger partial charge in [-0.1, -0.05) is 29.8 Å². The summed E-state index contributed by atoms with van der Waals surface area (Å²) in [6, 6.07) is 11.0. The highest BCUT2D eigenvalue weighted by atomic mass is 19.1. The summed E-state index contributed by atoms with van der Waals surface area (Å²) in [7, 11) is 0. The SMILES string of the molecule is Cc1cc2c3c(c1)c(-c1ccccc1F)cn3CC(NC(=O)OC(C)(C)C)C2. The number of nitrogens with one attached hydrogen (secondary N) is 1. The first-order valence-electron chi connectivity index (χ1n) is 9.58. The summed E-state index contributed by atoms with van der Waals surface area (Å²) in [5, 5.41) is 4.03. The van der Waals surface area contributed by atoms with Crippen molar-refractivity contribution in [3.63, 3.8) is 0 Å². The van der Waals surface area contributed by atoms with E-state index in [0.29, 0.717) is 12.1 Å². The molecule has 4 rings (SSSR count). The summed E-state index contributed by atoms with van der Waals surface area (Å²) in [6.07, 6.45) is 2.30. The van der Waals surface area contributed by atoms with Gasteiger partial charge in [-0.25, -0.2) is 9.18 Å². The fourth-order valence-corrected chi connectivity index (χ4v) is 4.02. The molecule has 28 heavy (non-hydrogen) atoms. The van der Waals surface area contributed by atoms with E-state index in [1.165, 1.54) is 6.07 Å². The van der Waals surface area contributed by atoms with Crippen LogP contribution in [0.2, 0.25) is 0 Å². The van der Waals surface area contributed by atoms with Crippen LogP contribution in [0.15, 0.2) is 42.6 Å². The molecule has 1 amide bonds. The van der Waals surface area contributed by atoms with Crippen LogP contribution in [-0.2, 0) is 17.7 Å². The number of ether oxygens (including phenoxy) is 1. The minimum absolute atomic E-state index is 0.0757. The van der Waals surface area contributed by atoms with E-state index in [0.717, 1.165) is 34.0 Å². The third-order valence-corrected chi connectivity index (χ3v) is 4.96. The molecule has 0 spiro atoms. The van der Waals surface area contributed by atoms with Crippen molar-refractivity contribution in [3.05, 3.63) is 59.5 Å². The smallest absolute Gasteiger partial charge is 0.407 e. The van der Waals surface area contributed by atoms with Crippen LogP contribution < -0.4 is 5.32 Å². The van der Waals surface area contributed by atoms with Gasteiger partial charge in [-0.2, -0.15) is 0 Å². The Morgan fingerprint density at radius 2 is 1.96 bits per heavy atom. The summed E-state index contributed by atoms with van der Waals surface area (Å²) in [5.41, 5.74) is 4.34. The quantitative estimate of drug-likeness (QED) is 0.664. The molecule has 1 aliphatic rings. The first-order chi connectivity index (χ1) is 13.2. The third-order valence-electron chi connectivity index (χ3n) is 4.96. The molecule has 0 saturated carbocycles. The maximum Gasteiger partial charge on any atom is 0.407 e. The monoisotopic (exact) mass is 380 g/mol. The van der Waals surface area contributed by atoms with Gasteiger partial charge in [-0.05, 0) is 51.8 Å². The zero-order valence-electron chi connectivity index (χ0n) is 16.7. The van der Waals surface area contributed by atoms with Crippen LogP contribution >= 0.6 is 0 Å². The zero-order chi connectivity index (χ0) is 20.1. The molecule has 1 aliphatic heterocycles. The number of carbonyl (C=O) groups is 1. The normalized spacial score (nSPS) is 16.2. The van der Waals surface area contributed by atoms with Crippen molar-refractivity contribution < 1.29 is 13.9 Å². The van der Waals surface area contributed by atoms with Gasteiger partial charge >= 0.3 is 6.09 Å². The molecule has 3 aromatic rings. The second-order valence-corrected chi connectivity index (χ2v) is 8.54. The van der Waals surface area contributed by atoms with Crippen LogP contribution in [0, 0.1) is 12.7 Å². The summed E-state index contributed by atoms with van der Waals surface area (Å²) in [4.78, 5) is 12.2. The fraction of sp³-hybridized carbons (Fsp3) is 0.348. The summed E-state index contributed by atoms with van der Waals surface area (Å²) in [5.74, 6) is -0.229. The largest absolute Gasteiger partial charge is 0.444 e. The van der Waals surface area contributed by atoms with E-state index in [1.54, 1.807) is 6.07 Å². The topological polar surface area (TPSA) is 43.3 Å². The van der Waals surface area contributed by atoms with Gasteiger partial charge in [0.1, 0.15) is 11.4 Å². The van der Waals surface area contributed by atoms with Gasteiger partial charge in [0.25, 0.3) is 0 Å². The Labute approximate surface area is 164 Å². The van der Waals surface area contributed by atoms with Crippen molar-refractivity contribution in [1.29, 1.82) is 0 Å². The Balaban J connectivity index is 1.72. The molecule has 0 bridgehead atoms. The first kappa shape index (κ1) is 18.5. The lowest BCUT2D eigenvalue weighted by Gasteiger charge is -2.27. The summed E-state index contributed by atoms with van der Waals surface area (Å²) in [6.45, 7) is 8.22. The van der Waals surface area contributed by atoms with Crippen LogP contribution in [-0.4, -0.2) is 22.3 Å². The Kier molecular flexibility index (Phi) is 4.41.